The van der Waals surface area contributed by atoms with Gasteiger partial charge in [0.1, 0.15) is 5.37 Å². The Morgan fingerprint density at radius 3 is 2.57 bits per heavy atom. The molecule has 0 unspecified atom stereocenters. The number of carbonyl (C=O) groups excluding carboxylic acids is 1. The lowest BCUT2D eigenvalue weighted by molar-refractivity contribution is -0.904. The number of benzene rings is 1. The van der Waals surface area contributed by atoms with E-state index in [1.165, 1.54) is 44.5 Å². The van der Waals surface area contributed by atoms with Gasteiger partial charge >= 0.3 is 0 Å². The highest BCUT2D eigenvalue weighted by atomic mass is 32.2. The standard InChI is InChI=1S/C16H21N3O3S/c20-15-12-23-16(13-4-6-14(7-5-13)19(21)22)18(15)11-10-17-8-2-1-3-9-17/h4-7,16H,1-3,8-12H2/p+1/t16-/m1/s1. The summed E-state index contributed by atoms with van der Waals surface area (Å²) in [5.74, 6) is 0.673. The van der Waals surface area contributed by atoms with Crippen LogP contribution in [0.15, 0.2) is 24.3 Å². The van der Waals surface area contributed by atoms with Crippen LogP contribution in [0.4, 0.5) is 5.69 Å². The summed E-state index contributed by atoms with van der Waals surface area (Å²) in [6.07, 6.45) is 3.89. The van der Waals surface area contributed by atoms with Gasteiger partial charge in [-0.15, -0.1) is 11.8 Å². The molecule has 1 aromatic rings. The minimum Gasteiger partial charge on any atom is -0.333 e. The smallest absolute Gasteiger partial charge is 0.269 e. The lowest BCUT2D eigenvalue weighted by Crippen LogP contribution is -3.13. The molecular weight excluding hydrogens is 314 g/mol. The summed E-state index contributed by atoms with van der Waals surface area (Å²) in [6, 6.07) is 6.59. The Hall–Kier alpha value is -1.60. The molecule has 0 saturated carbocycles. The monoisotopic (exact) mass is 336 g/mol. The van der Waals surface area contributed by atoms with E-state index in [-0.39, 0.29) is 17.0 Å². The Morgan fingerprint density at radius 1 is 1.22 bits per heavy atom. The number of non-ortho nitro benzene ring substituents is 1. The number of amides is 1. The van der Waals surface area contributed by atoms with E-state index in [2.05, 4.69) is 0 Å². The number of nitrogens with zero attached hydrogens (tertiary/aromatic N) is 2. The molecule has 1 amide bonds. The Kier molecular flexibility index (Phi) is 5.17. The number of carbonyl (C=O) groups is 1. The summed E-state index contributed by atoms with van der Waals surface area (Å²) < 4.78 is 0. The number of piperidine rings is 1. The molecular formula is C16H22N3O3S+. The van der Waals surface area contributed by atoms with Crippen LogP contribution >= 0.6 is 11.8 Å². The predicted molar refractivity (Wildman–Crippen MR) is 89.4 cm³/mol. The van der Waals surface area contributed by atoms with E-state index in [0.29, 0.717) is 5.75 Å². The molecule has 124 valence electrons. The maximum absolute atomic E-state index is 12.2. The summed E-state index contributed by atoms with van der Waals surface area (Å²) >= 11 is 1.61. The summed E-state index contributed by atoms with van der Waals surface area (Å²) in [4.78, 5) is 26.1. The van der Waals surface area contributed by atoms with Crippen molar-refractivity contribution >= 4 is 23.4 Å². The van der Waals surface area contributed by atoms with Gasteiger partial charge in [-0.3, -0.25) is 14.9 Å². The van der Waals surface area contributed by atoms with Crippen LogP contribution in [0.2, 0.25) is 0 Å². The molecule has 3 rings (SSSR count). The average Bonchev–Trinajstić information content (AvgIpc) is 2.95. The van der Waals surface area contributed by atoms with Crippen LogP contribution in [-0.2, 0) is 4.79 Å². The van der Waals surface area contributed by atoms with Gasteiger partial charge in [0, 0.05) is 12.1 Å². The van der Waals surface area contributed by atoms with Gasteiger partial charge in [-0.1, -0.05) is 0 Å². The van der Waals surface area contributed by atoms with E-state index in [1.54, 1.807) is 28.8 Å². The molecule has 1 N–H and O–H groups in total. The second-order valence-corrected chi connectivity index (χ2v) is 7.23. The number of rotatable bonds is 5. The Bertz CT molecular complexity index is 572. The molecule has 0 spiro atoms. The number of nitro groups is 1. The zero-order valence-corrected chi connectivity index (χ0v) is 13.9. The van der Waals surface area contributed by atoms with Crippen molar-refractivity contribution < 1.29 is 14.6 Å². The molecule has 23 heavy (non-hydrogen) atoms. The number of hydrogen-bond acceptors (Lipinski definition) is 4. The van der Waals surface area contributed by atoms with Gasteiger partial charge in [0.05, 0.1) is 36.9 Å². The minimum absolute atomic E-state index is 0.00695. The first-order valence-electron chi connectivity index (χ1n) is 8.14. The van der Waals surface area contributed by atoms with Crippen molar-refractivity contribution in [2.45, 2.75) is 24.6 Å². The van der Waals surface area contributed by atoms with Crippen LogP contribution in [0, 0.1) is 10.1 Å². The molecule has 7 heteroatoms. The van der Waals surface area contributed by atoms with Gasteiger partial charge in [0.15, 0.2) is 0 Å². The zero-order valence-electron chi connectivity index (χ0n) is 13.1. The summed E-state index contributed by atoms with van der Waals surface area (Å²) in [5.41, 5.74) is 1.06. The molecule has 0 radical (unpaired) electrons. The van der Waals surface area contributed by atoms with Gasteiger partial charge < -0.3 is 9.80 Å². The van der Waals surface area contributed by atoms with Crippen LogP contribution in [-0.4, -0.2) is 47.7 Å². The fraction of sp³-hybridized carbons (Fsp3) is 0.562. The average molecular weight is 336 g/mol. The highest BCUT2D eigenvalue weighted by Crippen LogP contribution is 2.38. The lowest BCUT2D eigenvalue weighted by atomic mass is 10.1. The van der Waals surface area contributed by atoms with Gasteiger partial charge in [-0.2, -0.15) is 0 Å². The van der Waals surface area contributed by atoms with E-state index in [4.69, 9.17) is 0 Å². The normalized spacial score (nSPS) is 22.5. The third-order valence-corrected chi connectivity index (χ3v) is 5.88. The van der Waals surface area contributed by atoms with Crippen molar-refractivity contribution in [3.63, 3.8) is 0 Å². The first-order valence-corrected chi connectivity index (χ1v) is 9.19. The van der Waals surface area contributed by atoms with Crippen LogP contribution in [0.1, 0.15) is 30.2 Å². The highest BCUT2D eigenvalue weighted by Gasteiger charge is 2.33. The van der Waals surface area contributed by atoms with Crippen molar-refractivity contribution in [2.75, 3.05) is 31.9 Å². The number of likely N-dealkylation sites (tertiary alicyclic amines) is 1. The quantitative estimate of drug-likeness (QED) is 0.649. The van der Waals surface area contributed by atoms with E-state index in [9.17, 15) is 14.9 Å². The molecule has 2 aliphatic rings. The van der Waals surface area contributed by atoms with E-state index in [1.807, 2.05) is 4.90 Å². The largest absolute Gasteiger partial charge is 0.333 e. The van der Waals surface area contributed by atoms with Crippen molar-refractivity contribution in [1.82, 2.24) is 4.90 Å². The number of thioether (sulfide) groups is 1. The third kappa shape index (κ3) is 3.84. The lowest BCUT2D eigenvalue weighted by Gasteiger charge is -2.28. The summed E-state index contributed by atoms with van der Waals surface area (Å²) in [5, 5.41) is 10.8. The molecule has 0 bridgehead atoms. The number of hydrogen-bond donors (Lipinski definition) is 1. The Balaban J connectivity index is 1.65. The minimum atomic E-state index is -0.395. The van der Waals surface area contributed by atoms with Crippen molar-refractivity contribution in [2.24, 2.45) is 0 Å². The van der Waals surface area contributed by atoms with E-state index in [0.717, 1.165) is 18.7 Å². The van der Waals surface area contributed by atoms with Gasteiger partial charge in [0.2, 0.25) is 5.91 Å². The van der Waals surface area contributed by atoms with E-state index < -0.39 is 4.92 Å². The van der Waals surface area contributed by atoms with Crippen LogP contribution in [0.3, 0.4) is 0 Å². The van der Waals surface area contributed by atoms with Gasteiger partial charge in [0.25, 0.3) is 5.69 Å². The zero-order chi connectivity index (χ0) is 16.2. The Labute approximate surface area is 140 Å². The van der Waals surface area contributed by atoms with Crippen molar-refractivity contribution in [3.05, 3.63) is 39.9 Å². The fourth-order valence-electron chi connectivity index (χ4n) is 3.31. The van der Waals surface area contributed by atoms with Crippen LogP contribution in [0.5, 0.6) is 0 Å². The molecule has 0 aliphatic carbocycles. The first kappa shape index (κ1) is 16.3. The van der Waals surface area contributed by atoms with Crippen molar-refractivity contribution in [3.8, 4) is 0 Å². The maximum Gasteiger partial charge on any atom is 0.269 e. The fourth-order valence-corrected chi connectivity index (χ4v) is 4.53. The summed E-state index contributed by atoms with van der Waals surface area (Å²) in [6.45, 7) is 4.17. The second kappa shape index (κ2) is 7.31. The number of nitro benzene ring substituents is 1. The molecule has 1 atom stereocenters. The molecule has 2 fully saturated rings. The predicted octanol–water partition coefficient (Wildman–Crippen LogP) is 1.24. The second-order valence-electron chi connectivity index (χ2n) is 6.16. The van der Waals surface area contributed by atoms with Crippen LogP contribution < -0.4 is 4.90 Å². The van der Waals surface area contributed by atoms with Crippen LogP contribution in [0.25, 0.3) is 0 Å². The molecule has 2 aliphatic heterocycles. The molecule has 6 nitrogen and oxygen atoms in total. The molecule has 2 heterocycles. The number of nitrogens with one attached hydrogen (secondary N) is 1. The number of quaternary nitrogens is 1. The van der Waals surface area contributed by atoms with E-state index >= 15 is 0 Å². The first-order chi connectivity index (χ1) is 11.1. The molecule has 1 aromatic carbocycles. The van der Waals surface area contributed by atoms with Gasteiger partial charge in [-0.25, -0.2) is 0 Å². The van der Waals surface area contributed by atoms with Gasteiger partial charge in [-0.05, 0) is 37.0 Å². The maximum atomic E-state index is 12.2. The Morgan fingerprint density at radius 2 is 1.91 bits per heavy atom. The SMILES string of the molecule is O=C1CS[C@H](c2ccc([N+](=O)[O-])cc2)N1CC[NH+]1CCCCC1. The van der Waals surface area contributed by atoms with Crippen molar-refractivity contribution in [1.29, 1.82) is 0 Å². The highest BCUT2D eigenvalue weighted by molar-refractivity contribution is 8.00. The third-order valence-electron chi connectivity index (χ3n) is 4.62. The molecule has 0 aromatic heterocycles. The topological polar surface area (TPSA) is 67.9 Å². The summed E-state index contributed by atoms with van der Waals surface area (Å²) in [7, 11) is 0. The molecule has 2 saturated heterocycles.